The number of benzene rings is 2. The van der Waals surface area contributed by atoms with E-state index in [1.54, 1.807) is 0 Å². The Labute approximate surface area is 158 Å². The summed E-state index contributed by atoms with van der Waals surface area (Å²) in [5.74, 6) is 8.40. The maximum atomic E-state index is 8.89. The summed E-state index contributed by atoms with van der Waals surface area (Å²) in [7, 11) is 0. The van der Waals surface area contributed by atoms with Gasteiger partial charge in [0.1, 0.15) is 0 Å². The number of nitriles is 1. The number of nitrogens with zero attached hydrogens (tertiary/aromatic N) is 1. The molecule has 0 unspecified atom stereocenters. The third kappa shape index (κ3) is 5.00. The summed E-state index contributed by atoms with van der Waals surface area (Å²) in [6.45, 7) is 2.28. The first kappa shape index (κ1) is 18.3. The second-order valence-corrected chi connectivity index (χ2v) is 7.40. The van der Waals surface area contributed by atoms with Gasteiger partial charge in [0.2, 0.25) is 0 Å². The van der Waals surface area contributed by atoms with Gasteiger partial charge in [-0.3, -0.25) is 0 Å². The maximum Gasteiger partial charge on any atom is 0.0991 e. The van der Waals surface area contributed by atoms with Gasteiger partial charge in [0.15, 0.2) is 0 Å². The van der Waals surface area contributed by atoms with Crippen LogP contribution in [0.2, 0.25) is 0 Å². The molecule has 1 nitrogen and oxygen atoms in total. The van der Waals surface area contributed by atoms with Crippen LogP contribution < -0.4 is 0 Å². The van der Waals surface area contributed by atoms with E-state index in [9.17, 15) is 0 Å². The van der Waals surface area contributed by atoms with Crippen LogP contribution in [0.3, 0.4) is 0 Å². The molecule has 0 saturated heterocycles. The molecule has 0 heterocycles. The molecule has 0 aliphatic heterocycles. The molecular weight excluding hydrogens is 314 g/mol. The molecule has 2 aromatic rings. The molecule has 1 aliphatic rings. The maximum absolute atomic E-state index is 8.89. The quantitative estimate of drug-likeness (QED) is 0.577. The van der Waals surface area contributed by atoms with Crippen LogP contribution in [0.1, 0.15) is 63.0 Å². The van der Waals surface area contributed by atoms with Gasteiger partial charge >= 0.3 is 0 Å². The Bertz CT molecular complexity index is 788. The lowest BCUT2D eigenvalue weighted by Gasteiger charge is -2.25. The van der Waals surface area contributed by atoms with Crippen LogP contribution in [0.4, 0.5) is 0 Å². The second-order valence-electron chi connectivity index (χ2n) is 7.40. The minimum Gasteiger partial charge on any atom is -0.192 e. The Morgan fingerprint density at radius 2 is 1.42 bits per heavy atom. The van der Waals surface area contributed by atoms with E-state index < -0.39 is 0 Å². The Morgan fingerprint density at radius 1 is 0.846 bits per heavy atom. The molecule has 0 radical (unpaired) electrons. The van der Waals surface area contributed by atoms with Crippen molar-refractivity contribution in [3.63, 3.8) is 0 Å². The van der Waals surface area contributed by atoms with Crippen molar-refractivity contribution < 1.29 is 0 Å². The molecule has 0 N–H and O–H groups in total. The van der Waals surface area contributed by atoms with Gasteiger partial charge in [0, 0.05) is 11.5 Å². The first-order chi connectivity index (χ1) is 12.8. The molecule has 1 aliphatic carbocycles. The van der Waals surface area contributed by atoms with Crippen molar-refractivity contribution >= 4 is 0 Å². The van der Waals surface area contributed by atoms with Gasteiger partial charge < -0.3 is 0 Å². The van der Waals surface area contributed by atoms with Gasteiger partial charge in [-0.25, -0.2) is 0 Å². The molecule has 1 heteroatoms. The second kappa shape index (κ2) is 9.26. The van der Waals surface area contributed by atoms with Crippen LogP contribution in [-0.4, -0.2) is 0 Å². The number of hydrogen-bond donors (Lipinski definition) is 0. The molecule has 0 bridgehead atoms. The van der Waals surface area contributed by atoms with Crippen LogP contribution >= 0.6 is 0 Å². The van der Waals surface area contributed by atoms with Gasteiger partial charge in [-0.15, -0.1) is 0 Å². The van der Waals surface area contributed by atoms with E-state index in [0.717, 1.165) is 22.6 Å². The standard InChI is InChI=1S/C25H27N/c1-2-3-4-20-5-7-21(8-6-20)9-10-22-11-15-24(16-12-22)25-17-13-23(19-26)14-18-25/h11-18,20-21H,2-8H2,1H3. The first-order valence-electron chi connectivity index (χ1n) is 9.90. The highest BCUT2D eigenvalue weighted by Crippen LogP contribution is 2.31. The topological polar surface area (TPSA) is 23.8 Å². The summed E-state index contributed by atoms with van der Waals surface area (Å²) in [6, 6.07) is 18.3. The van der Waals surface area contributed by atoms with Crippen molar-refractivity contribution in [1.29, 1.82) is 5.26 Å². The van der Waals surface area contributed by atoms with Gasteiger partial charge in [-0.1, -0.05) is 62.3 Å². The monoisotopic (exact) mass is 341 g/mol. The van der Waals surface area contributed by atoms with Crippen LogP contribution in [0.15, 0.2) is 48.5 Å². The highest BCUT2D eigenvalue weighted by Gasteiger charge is 2.19. The third-order valence-corrected chi connectivity index (χ3v) is 5.47. The van der Waals surface area contributed by atoms with E-state index in [1.807, 2.05) is 24.3 Å². The van der Waals surface area contributed by atoms with Crippen molar-refractivity contribution in [2.24, 2.45) is 11.8 Å². The van der Waals surface area contributed by atoms with Crippen molar-refractivity contribution in [2.75, 3.05) is 0 Å². The van der Waals surface area contributed by atoms with E-state index in [1.165, 1.54) is 44.9 Å². The lowest BCUT2D eigenvalue weighted by Crippen LogP contribution is -2.13. The summed E-state index contributed by atoms with van der Waals surface area (Å²) >= 11 is 0. The fraction of sp³-hybridized carbons (Fsp3) is 0.400. The fourth-order valence-electron chi connectivity index (χ4n) is 3.76. The SMILES string of the molecule is CCCCC1CCC(C#Cc2ccc(-c3ccc(C#N)cc3)cc2)CC1. The highest BCUT2D eigenvalue weighted by atomic mass is 14.2. The first-order valence-corrected chi connectivity index (χ1v) is 9.90. The molecule has 0 amide bonds. The van der Waals surface area contributed by atoms with E-state index >= 15 is 0 Å². The Kier molecular flexibility index (Phi) is 6.51. The van der Waals surface area contributed by atoms with E-state index in [2.05, 4.69) is 49.1 Å². The van der Waals surface area contributed by atoms with Crippen molar-refractivity contribution in [3.05, 3.63) is 59.7 Å². The zero-order valence-corrected chi connectivity index (χ0v) is 15.7. The molecular formula is C25H27N. The summed E-state index contributed by atoms with van der Waals surface area (Å²) in [4.78, 5) is 0. The Balaban J connectivity index is 1.57. The summed E-state index contributed by atoms with van der Waals surface area (Å²) in [5, 5.41) is 8.89. The average molecular weight is 341 g/mol. The average Bonchev–Trinajstić information content (AvgIpc) is 2.72. The summed E-state index contributed by atoms with van der Waals surface area (Å²) in [6.07, 6.45) is 9.36. The van der Waals surface area contributed by atoms with E-state index in [4.69, 9.17) is 5.26 Å². The number of hydrogen-bond acceptors (Lipinski definition) is 1. The highest BCUT2D eigenvalue weighted by molar-refractivity contribution is 5.65. The van der Waals surface area contributed by atoms with Crippen LogP contribution in [0.25, 0.3) is 11.1 Å². The minimum atomic E-state index is 0.575. The fourth-order valence-corrected chi connectivity index (χ4v) is 3.76. The zero-order valence-electron chi connectivity index (χ0n) is 15.7. The number of rotatable bonds is 4. The van der Waals surface area contributed by atoms with Crippen molar-refractivity contribution in [1.82, 2.24) is 0 Å². The lowest BCUT2D eigenvalue weighted by molar-refractivity contribution is 0.296. The zero-order chi connectivity index (χ0) is 18.2. The molecule has 0 spiro atoms. The summed E-state index contributed by atoms with van der Waals surface area (Å²) in [5.41, 5.74) is 4.08. The predicted molar refractivity (Wildman–Crippen MR) is 108 cm³/mol. The third-order valence-electron chi connectivity index (χ3n) is 5.47. The van der Waals surface area contributed by atoms with E-state index in [-0.39, 0.29) is 0 Å². The van der Waals surface area contributed by atoms with Crippen molar-refractivity contribution in [2.45, 2.75) is 51.9 Å². The van der Waals surface area contributed by atoms with Gasteiger partial charge in [0.25, 0.3) is 0 Å². The molecule has 2 aromatic carbocycles. The molecule has 132 valence electrons. The van der Waals surface area contributed by atoms with E-state index in [0.29, 0.717) is 11.5 Å². The summed E-state index contributed by atoms with van der Waals surface area (Å²) < 4.78 is 0. The Morgan fingerprint density at radius 3 is 1.96 bits per heavy atom. The Hall–Kier alpha value is -2.51. The van der Waals surface area contributed by atoms with Crippen molar-refractivity contribution in [3.8, 4) is 29.0 Å². The minimum absolute atomic E-state index is 0.575. The van der Waals surface area contributed by atoms with Gasteiger partial charge in [0.05, 0.1) is 11.6 Å². The van der Waals surface area contributed by atoms with Crippen LogP contribution in [0, 0.1) is 35.0 Å². The number of unbranched alkanes of at least 4 members (excludes halogenated alkanes) is 1. The molecule has 26 heavy (non-hydrogen) atoms. The predicted octanol–water partition coefficient (Wildman–Crippen LogP) is 6.57. The van der Waals surface area contributed by atoms with Crippen LogP contribution in [-0.2, 0) is 0 Å². The van der Waals surface area contributed by atoms with Crippen LogP contribution in [0.5, 0.6) is 0 Å². The molecule has 0 atom stereocenters. The molecule has 3 rings (SSSR count). The molecule has 1 saturated carbocycles. The van der Waals surface area contributed by atoms with Gasteiger partial charge in [-0.2, -0.15) is 5.26 Å². The largest absolute Gasteiger partial charge is 0.192 e. The molecule has 1 fully saturated rings. The normalized spacial score (nSPS) is 19.2. The van der Waals surface area contributed by atoms with Gasteiger partial charge in [-0.05, 0) is 67.0 Å². The smallest absolute Gasteiger partial charge is 0.0991 e. The molecule has 0 aromatic heterocycles. The lowest BCUT2D eigenvalue weighted by atomic mass is 9.80.